The van der Waals surface area contributed by atoms with Crippen LogP contribution in [0.15, 0.2) is 30.3 Å². The van der Waals surface area contributed by atoms with Gasteiger partial charge in [-0.25, -0.2) is 4.39 Å². The average molecular weight is 204 g/mol. The number of carbonyl (C=O) groups is 1. The Hall–Kier alpha value is -1.97. The molecule has 1 heterocycles. The lowest BCUT2D eigenvalue weighted by molar-refractivity contribution is 0.101. The van der Waals surface area contributed by atoms with E-state index in [0.717, 1.165) is 0 Å². The number of hydrogen-bond acceptors (Lipinski definition) is 2. The van der Waals surface area contributed by atoms with Gasteiger partial charge in [0, 0.05) is 12.5 Å². The molecule has 2 rings (SSSR count). The molecule has 0 fully saturated rings. The highest BCUT2D eigenvalue weighted by molar-refractivity contribution is 5.93. The van der Waals surface area contributed by atoms with Crippen LogP contribution in [0.25, 0.3) is 11.3 Å². The van der Waals surface area contributed by atoms with Gasteiger partial charge in [0.25, 0.3) is 0 Å². The topological polar surface area (TPSA) is 45.8 Å². The summed E-state index contributed by atoms with van der Waals surface area (Å²) < 4.78 is 12.9. The van der Waals surface area contributed by atoms with E-state index in [1.165, 1.54) is 19.1 Å². The number of nitrogens with one attached hydrogen (secondary N) is 1. The van der Waals surface area contributed by atoms with Gasteiger partial charge in [-0.3, -0.25) is 9.89 Å². The number of H-pyrrole nitrogens is 1. The molecule has 0 saturated carbocycles. The van der Waals surface area contributed by atoms with Crippen molar-refractivity contribution in [3.05, 3.63) is 41.8 Å². The van der Waals surface area contributed by atoms with E-state index >= 15 is 0 Å². The summed E-state index contributed by atoms with van der Waals surface area (Å²) in [5.41, 5.74) is 1.65. The van der Waals surface area contributed by atoms with Crippen LogP contribution in [-0.4, -0.2) is 16.0 Å². The fourth-order valence-corrected chi connectivity index (χ4v) is 1.30. The Balaban J connectivity index is 2.41. The van der Waals surface area contributed by atoms with Crippen molar-refractivity contribution >= 4 is 5.78 Å². The molecule has 0 spiro atoms. The summed E-state index contributed by atoms with van der Waals surface area (Å²) in [4.78, 5) is 11.0. The molecule has 0 aliphatic heterocycles. The van der Waals surface area contributed by atoms with E-state index < -0.39 is 0 Å². The van der Waals surface area contributed by atoms with Gasteiger partial charge in [0.1, 0.15) is 11.5 Å². The normalized spacial score (nSPS) is 10.3. The molecule has 0 aliphatic rings. The lowest BCUT2D eigenvalue weighted by Gasteiger charge is -1.94. The molecule has 76 valence electrons. The summed E-state index contributed by atoms with van der Waals surface area (Å²) in [5, 5.41) is 6.54. The fraction of sp³-hybridized carbons (Fsp3) is 0.0909. The first kappa shape index (κ1) is 9.58. The number of aromatic nitrogens is 2. The number of halogens is 1. The monoisotopic (exact) mass is 204 g/mol. The molecule has 0 unspecified atom stereocenters. The van der Waals surface area contributed by atoms with Gasteiger partial charge in [-0.15, -0.1) is 0 Å². The molecular formula is C11H9FN2O. The number of ketones is 1. The van der Waals surface area contributed by atoms with Gasteiger partial charge >= 0.3 is 0 Å². The molecular weight excluding hydrogens is 195 g/mol. The number of benzene rings is 1. The summed E-state index contributed by atoms with van der Waals surface area (Å²) in [6.45, 7) is 1.45. The molecule has 2 aromatic rings. The molecule has 0 atom stereocenters. The summed E-state index contributed by atoms with van der Waals surface area (Å²) in [6.07, 6.45) is 0. The van der Waals surface area contributed by atoms with Crippen LogP contribution in [0.4, 0.5) is 4.39 Å². The zero-order valence-corrected chi connectivity index (χ0v) is 8.12. The van der Waals surface area contributed by atoms with Crippen LogP contribution in [-0.2, 0) is 0 Å². The Morgan fingerprint density at radius 3 is 2.80 bits per heavy atom. The quantitative estimate of drug-likeness (QED) is 0.763. The van der Waals surface area contributed by atoms with Crippen molar-refractivity contribution in [2.24, 2.45) is 0 Å². The molecule has 3 nitrogen and oxygen atoms in total. The number of nitrogens with zero attached hydrogens (tertiary/aromatic N) is 1. The standard InChI is InChI=1S/C11H9FN2O/c1-7(15)10-6-11(14-13-10)8-3-2-4-9(12)5-8/h2-6H,1H3,(H,13,14). The van der Waals surface area contributed by atoms with E-state index in [1.54, 1.807) is 18.2 Å². The maximum Gasteiger partial charge on any atom is 0.177 e. The minimum atomic E-state index is -0.320. The summed E-state index contributed by atoms with van der Waals surface area (Å²) in [7, 11) is 0. The third kappa shape index (κ3) is 1.93. The zero-order chi connectivity index (χ0) is 10.8. The predicted octanol–water partition coefficient (Wildman–Crippen LogP) is 2.42. The van der Waals surface area contributed by atoms with E-state index in [-0.39, 0.29) is 11.6 Å². The maximum atomic E-state index is 12.9. The highest BCUT2D eigenvalue weighted by Gasteiger charge is 2.07. The van der Waals surface area contributed by atoms with Crippen LogP contribution in [0.2, 0.25) is 0 Å². The van der Waals surface area contributed by atoms with Gasteiger partial charge in [0.2, 0.25) is 0 Å². The van der Waals surface area contributed by atoms with Crippen molar-refractivity contribution in [2.45, 2.75) is 6.92 Å². The lowest BCUT2D eigenvalue weighted by Crippen LogP contribution is -1.90. The second-order valence-electron chi connectivity index (χ2n) is 3.23. The van der Waals surface area contributed by atoms with Gasteiger partial charge in [-0.2, -0.15) is 5.10 Å². The van der Waals surface area contributed by atoms with Gasteiger partial charge in [0.15, 0.2) is 5.78 Å². The third-order valence-corrected chi connectivity index (χ3v) is 2.08. The van der Waals surface area contributed by atoms with Crippen LogP contribution in [0.1, 0.15) is 17.4 Å². The Labute approximate surface area is 85.9 Å². The SMILES string of the molecule is CC(=O)c1cc(-c2cccc(F)c2)n[nH]1. The maximum absolute atomic E-state index is 12.9. The smallest absolute Gasteiger partial charge is 0.177 e. The lowest BCUT2D eigenvalue weighted by atomic mass is 10.1. The van der Waals surface area contributed by atoms with Crippen LogP contribution in [0, 0.1) is 5.82 Å². The molecule has 1 aromatic heterocycles. The summed E-state index contributed by atoms with van der Waals surface area (Å²) >= 11 is 0. The Morgan fingerprint density at radius 1 is 1.40 bits per heavy atom. The van der Waals surface area contributed by atoms with E-state index in [0.29, 0.717) is 17.0 Å². The molecule has 0 saturated heterocycles. The minimum absolute atomic E-state index is 0.0925. The first-order chi connectivity index (χ1) is 7.16. The largest absolute Gasteiger partial charge is 0.293 e. The molecule has 1 aromatic carbocycles. The number of Topliss-reactive ketones (excluding diaryl/α,β-unsaturated/α-hetero) is 1. The van der Waals surface area contributed by atoms with Gasteiger partial charge in [-0.1, -0.05) is 12.1 Å². The second-order valence-corrected chi connectivity index (χ2v) is 3.23. The van der Waals surface area contributed by atoms with E-state index in [9.17, 15) is 9.18 Å². The summed E-state index contributed by atoms with van der Waals surface area (Å²) in [6, 6.07) is 7.69. The van der Waals surface area contributed by atoms with Crippen molar-refractivity contribution in [2.75, 3.05) is 0 Å². The molecule has 0 bridgehead atoms. The molecule has 1 N–H and O–H groups in total. The molecule has 0 radical (unpaired) electrons. The zero-order valence-electron chi connectivity index (χ0n) is 8.12. The van der Waals surface area contributed by atoms with Crippen LogP contribution in [0.3, 0.4) is 0 Å². The van der Waals surface area contributed by atoms with Crippen LogP contribution in [0.5, 0.6) is 0 Å². The predicted molar refractivity (Wildman–Crippen MR) is 54.0 cm³/mol. The van der Waals surface area contributed by atoms with Crippen molar-refractivity contribution in [3.63, 3.8) is 0 Å². The van der Waals surface area contributed by atoms with Crippen molar-refractivity contribution in [3.8, 4) is 11.3 Å². The molecule has 15 heavy (non-hydrogen) atoms. The Morgan fingerprint density at radius 2 is 2.20 bits per heavy atom. The van der Waals surface area contributed by atoms with Gasteiger partial charge < -0.3 is 0 Å². The van der Waals surface area contributed by atoms with E-state index in [2.05, 4.69) is 10.2 Å². The number of hydrogen-bond donors (Lipinski definition) is 1. The van der Waals surface area contributed by atoms with Crippen molar-refractivity contribution in [1.29, 1.82) is 0 Å². The summed E-state index contributed by atoms with van der Waals surface area (Å²) in [5.74, 6) is -0.412. The Kier molecular flexibility index (Phi) is 2.33. The van der Waals surface area contributed by atoms with Gasteiger partial charge in [-0.05, 0) is 18.2 Å². The first-order valence-electron chi connectivity index (χ1n) is 4.49. The number of carbonyl (C=O) groups excluding carboxylic acids is 1. The van der Waals surface area contributed by atoms with E-state index in [4.69, 9.17) is 0 Å². The minimum Gasteiger partial charge on any atom is -0.293 e. The van der Waals surface area contributed by atoms with E-state index in [1.807, 2.05) is 0 Å². The average Bonchev–Trinajstić information content (AvgIpc) is 2.66. The first-order valence-corrected chi connectivity index (χ1v) is 4.49. The number of aromatic amines is 1. The molecule has 0 amide bonds. The van der Waals surface area contributed by atoms with Crippen molar-refractivity contribution in [1.82, 2.24) is 10.2 Å². The van der Waals surface area contributed by atoms with Crippen LogP contribution >= 0.6 is 0 Å². The Bertz CT molecular complexity index is 505. The van der Waals surface area contributed by atoms with Crippen LogP contribution < -0.4 is 0 Å². The third-order valence-electron chi connectivity index (χ3n) is 2.08. The second kappa shape index (κ2) is 3.65. The fourth-order valence-electron chi connectivity index (χ4n) is 1.30. The molecule has 0 aliphatic carbocycles. The highest BCUT2D eigenvalue weighted by Crippen LogP contribution is 2.18. The highest BCUT2D eigenvalue weighted by atomic mass is 19.1. The van der Waals surface area contributed by atoms with Gasteiger partial charge in [0.05, 0.1) is 5.69 Å². The number of rotatable bonds is 2. The van der Waals surface area contributed by atoms with Crippen molar-refractivity contribution < 1.29 is 9.18 Å². The molecule has 4 heteroatoms.